The number of rotatable bonds is 7. The van der Waals surface area contributed by atoms with Crippen molar-refractivity contribution in [1.29, 1.82) is 0 Å². The lowest BCUT2D eigenvalue weighted by Crippen LogP contribution is -2.17. The lowest BCUT2D eigenvalue weighted by atomic mass is 10.1. The zero-order valence-electron chi connectivity index (χ0n) is 12.9. The van der Waals surface area contributed by atoms with Gasteiger partial charge in [-0.2, -0.15) is 5.10 Å². The molecular weight excluding hydrogens is 266 g/mol. The first-order valence-electron chi connectivity index (χ1n) is 7.11. The van der Waals surface area contributed by atoms with E-state index in [1.54, 1.807) is 11.8 Å². The van der Waals surface area contributed by atoms with Crippen LogP contribution >= 0.6 is 0 Å². The summed E-state index contributed by atoms with van der Waals surface area (Å²) >= 11 is 0. The van der Waals surface area contributed by atoms with E-state index in [0.29, 0.717) is 6.61 Å². The van der Waals surface area contributed by atoms with Crippen LogP contribution in [0.25, 0.3) is 0 Å². The minimum Gasteiger partial charge on any atom is -0.493 e. The van der Waals surface area contributed by atoms with E-state index in [9.17, 15) is 0 Å². The molecule has 114 valence electrons. The van der Waals surface area contributed by atoms with Gasteiger partial charge in [-0.3, -0.25) is 4.68 Å². The number of nitrogens with two attached hydrogens (primary N) is 1. The van der Waals surface area contributed by atoms with Gasteiger partial charge in [0.15, 0.2) is 11.5 Å². The van der Waals surface area contributed by atoms with Crippen LogP contribution in [0.5, 0.6) is 11.5 Å². The van der Waals surface area contributed by atoms with Gasteiger partial charge < -0.3 is 15.2 Å². The molecule has 2 rings (SSSR count). The number of benzene rings is 1. The van der Waals surface area contributed by atoms with Gasteiger partial charge >= 0.3 is 0 Å². The lowest BCUT2D eigenvalue weighted by Gasteiger charge is -2.13. The van der Waals surface area contributed by atoms with Crippen LogP contribution in [0.2, 0.25) is 0 Å². The Hall–Kier alpha value is -2.01. The van der Waals surface area contributed by atoms with Crippen LogP contribution in [0.15, 0.2) is 30.6 Å². The molecule has 0 bridgehead atoms. The minimum atomic E-state index is 0.132. The van der Waals surface area contributed by atoms with Gasteiger partial charge in [0.05, 0.1) is 19.9 Å². The standard InChI is InChI=1S/C16H23N3O2/c1-12(17)8-13-4-5-15(16(9-13)20-3)21-7-6-14-10-18-19(2)11-14/h4-5,9-12H,6-8,17H2,1-3H3. The molecule has 0 aliphatic heterocycles. The second-order valence-corrected chi connectivity index (χ2v) is 5.29. The van der Waals surface area contributed by atoms with E-state index in [-0.39, 0.29) is 6.04 Å². The zero-order chi connectivity index (χ0) is 15.2. The Balaban J connectivity index is 1.95. The van der Waals surface area contributed by atoms with Crippen LogP contribution in [0.1, 0.15) is 18.1 Å². The molecular formula is C16H23N3O2. The van der Waals surface area contributed by atoms with Crippen molar-refractivity contribution in [3.8, 4) is 11.5 Å². The summed E-state index contributed by atoms with van der Waals surface area (Å²) in [5, 5.41) is 4.14. The first-order chi connectivity index (χ1) is 10.1. The Morgan fingerprint density at radius 2 is 2.10 bits per heavy atom. The maximum absolute atomic E-state index is 5.82. The molecule has 0 spiro atoms. The largest absolute Gasteiger partial charge is 0.493 e. The number of aryl methyl sites for hydroxylation is 1. The van der Waals surface area contributed by atoms with E-state index in [2.05, 4.69) is 5.10 Å². The summed E-state index contributed by atoms with van der Waals surface area (Å²) in [6.45, 7) is 2.58. The third-order valence-corrected chi connectivity index (χ3v) is 3.19. The fraction of sp³-hybridized carbons (Fsp3) is 0.438. The summed E-state index contributed by atoms with van der Waals surface area (Å²) in [5.41, 5.74) is 8.13. The summed E-state index contributed by atoms with van der Waals surface area (Å²) in [6.07, 6.45) is 5.49. The molecule has 0 aliphatic rings. The summed E-state index contributed by atoms with van der Waals surface area (Å²) in [4.78, 5) is 0. The molecule has 21 heavy (non-hydrogen) atoms. The quantitative estimate of drug-likeness (QED) is 0.846. The van der Waals surface area contributed by atoms with Crippen molar-refractivity contribution >= 4 is 0 Å². The maximum Gasteiger partial charge on any atom is 0.161 e. The van der Waals surface area contributed by atoms with Crippen molar-refractivity contribution in [2.24, 2.45) is 12.8 Å². The van der Waals surface area contributed by atoms with Gasteiger partial charge in [0.1, 0.15) is 0 Å². The summed E-state index contributed by atoms with van der Waals surface area (Å²) in [7, 11) is 3.56. The molecule has 1 heterocycles. The monoisotopic (exact) mass is 289 g/mol. The second kappa shape index (κ2) is 7.13. The molecule has 0 saturated carbocycles. The van der Waals surface area contributed by atoms with Crippen molar-refractivity contribution in [3.63, 3.8) is 0 Å². The van der Waals surface area contributed by atoms with Gasteiger partial charge in [-0.25, -0.2) is 0 Å². The molecule has 1 atom stereocenters. The fourth-order valence-corrected chi connectivity index (χ4v) is 2.21. The van der Waals surface area contributed by atoms with E-state index < -0.39 is 0 Å². The second-order valence-electron chi connectivity index (χ2n) is 5.29. The smallest absolute Gasteiger partial charge is 0.161 e. The molecule has 0 fully saturated rings. The van der Waals surface area contributed by atoms with Crippen LogP contribution < -0.4 is 15.2 Å². The number of hydrogen-bond acceptors (Lipinski definition) is 4. The van der Waals surface area contributed by atoms with Crippen molar-refractivity contribution in [3.05, 3.63) is 41.7 Å². The zero-order valence-corrected chi connectivity index (χ0v) is 12.9. The highest BCUT2D eigenvalue weighted by Gasteiger charge is 2.07. The third kappa shape index (κ3) is 4.49. The molecule has 1 aromatic carbocycles. The highest BCUT2D eigenvalue weighted by molar-refractivity contribution is 5.43. The van der Waals surface area contributed by atoms with E-state index in [0.717, 1.165) is 35.5 Å². The van der Waals surface area contributed by atoms with Gasteiger partial charge in [0.25, 0.3) is 0 Å². The van der Waals surface area contributed by atoms with Gasteiger partial charge in [-0.15, -0.1) is 0 Å². The van der Waals surface area contributed by atoms with Crippen LogP contribution in [-0.2, 0) is 19.9 Å². The lowest BCUT2D eigenvalue weighted by molar-refractivity contribution is 0.297. The highest BCUT2D eigenvalue weighted by atomic mass is 16.5. The van der Waals surface area contributed by atoms with Gasteiger partial charge in [-0.1, -0.05) is 6.07 Å². The number of nitrogens with zero attached hydrogens (tertiary/aromatic N) is 2. The molecule has 0 aliphatic carbocycles. The number of aromatic nitrogens is 2. The number of methoxy groups -OCH3 is 1. The Kier molecular flexibility index (Phi) is 5.22. The Morgan fingerprint density at radius 3 is 2.71 bits per heavy atom. The topological polar surface area (TPSA) is 62.3 Å². The molecule has 5 nitrogen and oxygen atoms in total. The average Bonchev–Trinajstić information content (AvgIpc) is 2.85. The highest BCUT2D eigenvalue weighted by Crippen LogP contribution is 2.28. The molecule has 2 aromatic rings. The van der Waals surface area contributed by atoms with E-state index in [4.69, 9.17) is 15.2 Å². The Labute approximate surface area is 125 Å². The Morgan fingerprint density at radius 1 is 1.29 bits per heavy atom. The molecule has 0 radical (unpaired) electrons. The molecule has 1 unspecified atom stereocenters. The van der Waals surface area contributed by atoms with Crippen molar-refractivity contribution in [1.82, 2.24) is 9.78 Å². The van der Waals surface area contributed by atoms with Gasteiger partial charge in [0.2, 0.25) is 0 Å². The van der Waals surface area contributed by atoms with Crippen LogP contribution in [0.3, 0.4) is 0 Å². The van der Waals surface area contributed by atoms with Crippen molar-refractivity contribution in [2.45, 2.75) is 25.8 Å². The van der Waals surface area contributed by atoms with Crippen LogP contribution in [0.4, 0.5) is 0 Å². The van der Waals surface area contributed by atoms with Crippen LogP contribution in [-0.4, -0.2) is 29.5 Å². The molecule has 2 N–H and O–H groups in total. The van der Waals surface area contributed by atoms with Gasteiger partial charge in [-0.05, 0) is 36.6 Å². The predicted molar refractivity (Wildman–Crippen MR) is 82.8 cm³/mol. The van der Waals surface area contributed by atoms with E-state index in [1.807, 2.05) is 44.6 Å². The van der Waals surface area contributed by atoms with Gasteiger partial charge in [0, 0.05) is 25.7 Å². The summed E-state index contributed by atoms with van der Waals surface area (Å²) in [5.74, 6) is 1.51. The summed E-state index contributed by atoms with van der Waals surface area (Å²) < 4.78 is 13.0. The SMILES string of the molecule is COc1cc(CC(C)N)ccc1OCCc1cnn(C)c1. The predicted octanol–water partition coefficient (Wildman–Crippen LogP) is 1.94. The van der Waals surface area contributed by atoms with Crippen molar-refractivity contribution < 1.29 is 9.47 Å². The van der Waals surface area contributed by atoms with Crippen molar-refractivity contribution in [2.75, 3.05) is 13.7 Å². The first-order valence-corrected chi connectivity index (χ1v) is 7.11. The minimum absolute atomic E-state index is 0.132. The van der Waals surface area contributed by atoms with E-state index >= 15 is 0 Å². The first kappa shape index (κ1) is 15.4. The average molecular weight is 289 g/mol. The number of ether oxygens (including phenoxy) is 2. The third-order valence-electron chi connectivity index (χ3n) is 3.19. The molecule has 0 saturated heterocycles. The number of hydrogen-bond donors (Lipinski definition) is 1. The Bertz CT molecular complexity index is 579. The summed E-state index contributed by atoms with van der Waals surface area (Å²) in [6, 6.07) is 6.10. The van der Waals surface area contributed by atoms with E-state index in [1.165, 1.54) is 0 Å². The normalized spacial score (nSPS) is 12.2. The van der Waals surface area contributed by atoms with Crippen LogP contribution in [0, 0.1) is 0 Å². The molecule has 0 amide bonds. The fourth-order valence-electron chi connectivity index (χ4n) is 2.21. The molecule has 1 aromatic heterocycles. The maximum atomic E-state index is 5.82. The molecule has 5 heteroatoms.